The molecule has 2 unspecified atom stereocenters. The standard InChI is InChI=1S/C13H17BrO4S/c1-9(13(15)18-3)7-19(16)8-10-4-5-12(17-2)11(14)6-10/h4-6,9H,7-8H2,1-3H3. The normalized spacial score (nSPS) is 13.7. The fourth-order valence-corrected chi connectivity index (χ4v) is 3.54. The van der Waals surface area contributed by atoms with Crippen LogP contribution in [0.1, 0.15) is 12.5 Å². The molecule has 0 heterocycles. The average molecular weight is 349 g/mol. The highest BCUT2D eigenvalue weighted by Gasteiger charge is 2.16. The highest BCUT2D eigenvalue weighted by Crippen LogP contribution is 2.26. The van der Waals surface area contributed by atoms with Gasteiger partial charge in [0.15, 0.2) is 0 Å². The lowest BCUT2D eigenvalue weighted by atomic mass is 10.2. The predicted octanol–water partition coefficient (Wildman–Crippen LogP) is 2.52. The molecule has 106 valence electrons. The molecule has 0 aliphatic carbocycles. The first-order chi connectivity index (χ1) is 8.97. The summed E-state index contributed by atoms with van der Waals surface area (Å²) in [4.78, 5) is 11.3. The molecule has 0 bridgehead atoms. The van der Waals surface area contributed by atoms with E-state index in [4.69, 9.17) is 4.74 Å². The monoisotopic (exact) mass is 348 g/mol. The Morgan fingerprint density at radius 2 is 2.11 bits per heavy atom. The van der Waals surface area contributed by atoms with Crippen LogP contribution in [0.4, 0.5) is 0 Å². The molecule has 0 saturated carbocycles. The van der Waals surface area contributed by atoms with Crippen molar-refractivity contribution in [3.63, 3.8) is 0 Å². The fraction of sp³-hybridized carbons (Fsp3) is 0.462. The van der Waals surface area contributed by atoms with E-state index >= 15 is 0 Å². The molecule has 0 aliphatic rings. The number of carbonyl (C=O) groups is 1. The molecule has 0 N–H and O–H groups in total. The molecule has 19 heavy (non-hydrogen) atoms. The molecule has 0 aromatic heterocycles. The van der Waals surface area contributed by atoms with Gasteiger partial charge in [-0.1, -0.05) is 13.0 Å². The second kappa shape index (κ2) is 7.65. The van der Waals surface area contributed by atoms with Crippen molar-refractivity contribution in [1.82, 2.24) is 0 Å². The number of ether oxygens (including phenoxy) is 2. The van der Waals surface area contributed by atoms with Crippen molar-refractivity contribution >= 4 is 32.7 Å². The lowest BCUT2D eigenvalue weighted by Gasteiger charge is -2.10. The smallest absolute Gasteiger partial charge is 0.309 e. The summed E-state index contributed by atoms with van der Waals surface area (Å²) in [6.07, 6.45) is 0. The van der Waals surface area contributed by atoms with E-state index in [0.717, 1.165) is 15.8 Å². The molecule has 0 fully saturated rings. The van der Waals surface area contributed by atoms with E-state index in [0.29, 0.717) is 11.5 Å². The van der Waals surface area contributed by atoms with E-state index in [-0.39, 0.29) is 11.9 Å². The van der Waals surface area contributed by atoms with Crippen LogP contribution in [0.15, 0.2) is 22.7 Å². The van der Waals surface area contributed by atoms with Crippen LogP contribution in [-0.2, 0) is 26.1 Å². The molecule has 1 aromatic rings. The fourth-order valence-electron chi connectivity index (χ4n) is 1.59. The molecule has 0 radical (unpaired) electrons. The van der Waals surface area contributed by atoms with Crippen LogP contribution in [0.5, 0.6) is 5.75 Å². The van der Waals surface area contributed by atoms with Gasteiger partial charge in [0.1, 0.15) is 5.75 Å². The van der Waals surface area contributed by atoms with Gasteiger partial charge in [0, 0.05) is 22.3 Å². The number of halogens is 1. The van der Waals surface area contributed by atoms with E-state index in [1.54, 1.807) is 14.0 Å². The summed E-state index contributed by atoms with van der Waals surface area (Å²) in [6, 6.07) is 5.56. The van der Waals surface area contributed by atoms with Gasteiger partial charge < -0.3 is 9.47 Å². The van der Waals surface area contributed by atoms with E-state index < -0.39 is 10.8 Å². The number of benzene rings is 1. The molecule has 1 aromatic carbocycles. The maximum atomic E-state index is 12.0. The summed E-state index contributed by atoms with van der Waals surface area (Å²) < 4.78 is 22.5. The molecule has 0 saturated heterocycles. The molecule has 1 rings (SSSR count). The molecule has 4 nitrogen and oxygen atoms in total. The molecule has 0 spiro atoms. The Morgan fingerprint density at radius 1 is 1.42 bits per heavy atom. The summed E-state index contributed by atoms with van der Waals surface area (Å²) in [5.74, 6) is 0.759. The van der Waals surface area contributed by atoms with Gasteiger partial charge in [-0.3, -0.25) is 9.00 Å². The van der Waals surface area contributed by atoms with Gasteiger partial charge in [0.2, 0.25) is 0 Å². The second-order valence-electron chi connectivity index (χ2n) is 4.14. The van der Waals surface area contributed by atoms with Crippen molar-refractivity contribution < 1.29 is 18.5 Å². The zero-order valence-electron chi connectivity index (χ0n) is 11.1. The molecule has 6 heteroatoms. The first-order valence-electron chi connectivity index (χ1n) is 5.73. The summed E-state index contributed by atoms with van der Waals surface area (Å²) in [7, 11) is 1.83. The Morgan fingerprint density at radius 3 is 2.63 bits per heavy atom. The number of rotatable bonds is 6. The molecule has 0 amide bonds. The zero-order valence-corrected chi connectivity index (χ0v) is 13.5. The number of methoxy groups -OCH3 is 2. The predicted molar refractivity (Wildman–Crippen MR) is 78.6 cm³/mol. The number of carbonyl (C=O) groups excluding carboxylic acids is 1. The summed E-state index contributed by atoms with van der Waals surface area (Å²) in [5.41, 5.74) is 0.933. The minimum Gasteiger partial charge on any atom is -0.496 e. The number of hydrogen-bond acceptors (Lipinski definition) is 4. The lowest BCUT2D eigenvalue weighted by Crippen LogP contribution is -2.20. The van der Waals surface area contributed by atoms with Gasteiger partial charge >= 0.3 is 5.97 Å². The zero-order chi connectivity index (χ0) is 14.4. The summed E-state index contributed by atoms with van der Waals surface area (Å²) in [6.45, 7) is 1.72. The third-order valence-corrected chi connectivity index (χ3v) is 4.73. The van der Waals surface area contributed by atoms with E-state index in [9.17, 15) is 9.00 Å². The Kier molecular flexibility index (Phi) is 6.51. The largest absolute Gasteiger partial charge is 0.496 e. The van der Waals surface area contributed by atoms with Crippen molar-refractivity contribution in [3.05, 3.63) is 28.2 Å². The third-order valence-electron chi connectivity index (χ3n) is 2.58. The molecule has 0 aliphatic heterocycles. The maximum Gasteiger partial charge on any atom is 0.309 e. The number of esters is 1. The molecular formula is C13H17BrO4S. The number of hydrogen-bond donors (Lipinski definition) is 0. The van der Waals surface area contributed by atoms with Gasteiger partial charge in [-0.2, -0.15) is 0 Å². The Labute approximate surface area is 124 Å². The van der Waals surface area contributed by atoms with Crippen molar-refractivity contribution in [1.29, 1.82) is 0 Å². The van der Waals surface area contributed by atoms with Gasteiger partial charge in [-0.05, 0) is 33.6 Å². The van der Waals surface area contributed by atoms with Crippen molar-refractivity contribution in [2.24, 2.45) is 5.92 Å². The Balaban J connectivity index is 2.62. The lowest BCUT2D eigenvalue weighted by molar-refractivity contribution is -0.144. The van der Waals surface area contributed by atoms with Crippen LogP contribution in [0.25, 0.3) is 0 Å². The van der Waals surface area contributed by atoms with E-state index in [2.05, 4.69) is 20.7 Å². The SMILES string of the molecule is COC(=O)C(C)CS(=O)Cc1ccc(OC)c(Br)c1. The Hall–Kier alpha value is -0.880. The summed E-state index contributed by atoms with van der Waals surface area (Å²) in [5, 5.41) is 0. The van der Waals surface area contributed by atoms with Crippen LogP contribution in [0, 0.1) is 5.92 Å². The van der Waals surface area contributed by atoms with Crippen LogP contribution in [-0.4, -0.2) is 30.2 Å². The first kappa shape index (κ1) is 16.2. The molecule has 2 atom stereocenters. The van der Waals surface area contributed by atoms with Crippen LogP contribution in [0.3, 0.4) is 0 Å². The second-order valence-corrected chi connectivity index (χ2v) is 6.50. The third kappa shape index (κ3) is 4.95. The van der Waals surface area contributed by atoms with Gasteiger partial charge in [-0.15, -0.1) is 0 Å². The highest BCUT2D eigenvalue weighted by atomic mass is 79.9. The van der Waals surface area contributed by atoms with Gasteiger partial charge in [0.25, 0.3) is 0 Å². The maximum absolute atomic E-state index is 12.0. The van der Waals surface area contributed by atoms with Crippen molar-refractivity contribution in [3.8, 4) is 5.75 Å². The molecular weight excluding hydrogens is 332 g/mol. The first-order valence-corrected chi connectivity index (χ1v) is 8.01. The highest BCUT2D eigenvalue weighted by molar-refractivity contribution is 9.10. The van der Waals surface area contributed by atoms with Crippen molar-refractivity contribution in [2.45, 2.75) is 12.7 Å². The topological polar surface area (TPSA) is 52.6 Å². The van der Waals surface area contributed by atoms with Gasteiger partial charge in [-0.25, -0.2) is 0 Å². The Bertz CT molecular complexity index is 476. The minimum atomic E-state index is -1.10. The van der Waals surface area contributed by atoms with E-state index in [1.807, 2.05) is 18.2 Å². The summed E-state index contributed by atoms with van der Waals surface area (Å²) >= 11 is 3.38. The quantitative estimate of drug-likeness (QED) is 0.741. The van der Waals surface area contributed by atoms with Crippen LogP contribution >= 0.6 is 15.9 Å². The van der Waals surface area contributed by atoms with E-state index in [1.165, 1.54) is 7.11 Å². The van der Waals surface area contributed by atoms with Gasteiger partial charge in [0.05, 0.1) is 24.6 Å². The average Bonchev–Trinajstić information content (AvgIpc) is 2.37. The van der Waals surface area contributed by atoms with Crippen LogP contribution in [0.2, 0.25) is 0 Å². The minimum absolute atomic E-state index is 0.302. The van der Waals surface area contributed by atoms with Crippen molar-refractivity contribution in [2.75, 3.05) is 20.0 Å². The van der Waals surface area contributed by atoms with Crippen LogP contribution < -0.4 is 4.74 Å².